The van der Waals surface area contributed by atoms with Gasteiger partial charge in [0.05, 0.1) is 27.9 Å². The average molecular weight is 444 g/mol. The molecule has 0 saturated heterocycles. The number of aromatic nitrogens is 6. The third-order valence-electron chi connectivity index (χ3n) is 5.27. The molecule has 0 aliphatic rings. The Morgan fingerprint density at radius 3 is 2.38 bits per heavy atom. The van der Waals surface area contributed by atoms with Crippen LogP contribution in [0.5, 0.6) is 0 Å². The summed E-state index contributed by atoms with van der Waals surface area (Å²) in [5.41, 5.74) is 11.1. The Kier molecular flexibility index (Phi) is 4.71. The summed E-state index contributed by atoms with van der Waals surface area (Å²) in [6.45, 7) is 6.52. The summed E-state index contributed by atoms with van der Waals surface area (Å²) >= 11 is 6.14. The Morgan fingerprint density at radius 1 is 0.938 bits per heavy atom. The number of rotatable bonds is 3. The van der Waals surface area contributed by atoms with E-state index in [0.717, 1.165) is 39.2 Å². The first-order valence-corrected chi connectivity index (χ1v) is 10.6. The molecule has 0 bridgehead atoms. The third kappa shape index (κ3) is 3.50. The lowest BCUT2D eigenvalue weighted by atomic mass is 10.1. The molecule has 2 aromatic carbocycles. The summed E-state index contributed by atoms with van der Waals surface area (Å²) in [7, 11) is 0. The van der Waals surface area contributed by atoms with Gasteiger partial charge >= 0.3 is 0 Å². The molecule has 3 heterocycles. The van der Waals surface area contributed by atoms with Crippen molar-refractivity contribution in [3.05, 3.63) is 72.3 Å². The van der Waals surface area contributed by atoms with Crippen molar-refractivity contribution < 1.29 is 0 Å². The van der Waals surface area contributed by atoms with Gasteiger partial charge in [-0.3, -0.25) is 0 Å². The van der Waals surface area contributed by atoms with E-state index in [0.29, 0.717) is 5.02 Å². The van der Waals surface area contributed by atoms with Crippen molar-refractivity contribution >= 4 is 28.6 Å². The molecule has 8 heteroatoms. The molecule has 0 spiro atoms. The Morgan fingerprint density at radius 2 is 1.69 bits per heavy atom. The molecule has 0 fully saturated rings. The Balaban J connectivity index is 1.74. The molecule has 0 amide bonds. The lowest BCUT2D eigenvalue weighted by Gasteiger charge is -2.25. The lowest BCUT2D eigenvalue weighted by molar-refractivity contribution is 0.413. The van der Waals surface area contributed by atoms with Gasteiger partial charge in [0.1, 0.15) is 5.82 Å². The lowest BCUT2D eigenvalue weighted by Crippen LogP contribution is -2.23. The second kappa shape index (κ2) is 7.46. The molecule has 0 aliphatic heterocycles. The van der Waals surface area contributed by atoms with Crippen molar-refractivity contribution in [2.45, 2.75) is 26.3 Å². The number of hydrogen-bond donors (Lipinski definition) is 1. The van der Waals surface area contributed by atoms with Gasteiger partial charge in [0.15, 0.2) is 0 Å². The van der Waals surface area contributed by atoms with Gasteiger partial charge in [-0.05, 0) is 50.6 Å². The molecular weight excluding hydrogens is 422 g/mol. The van der Waals surface area contributed by atoms with Crippen LogP contribution < -0.4 is 5.73 Å². The Hall–Kier alpha value is -3.71. The minimum Gasteiger partial charge on any atom is -0.368 e. The van der Waals surface area contributed by atoms with Gasteiger partial charge < -0.3 is 10.3 Å². The van der Waals surface area contributed by atoms with E-state index in [9.17, 15) is 0 Å². The van der Waals surface area contributed by atoms with Crippen molar-refractivity contribution in [2.75, 3.05) is 5.73 Å². The molecule has 160 valence electrons. The van der Waals surface area contributed by atoms with Gasteiger partial charge in [-0.25, -0.2) is 19.6 Å². The summed E-state index contributed by atoms with van der Waals surface area (Å²) in [5.74, 6) is 1.12. The molecule has 2 N–H and O–H groups in total. The van der Waals surface area contributed by atoms with Crippen LogP contribution in [0.1, 0.15) is 20.8 Å². The molecule has 7 nitrogen and oxygen atoms in total. The third-order valence-corrected chi connectivity index (χ3v) is 5.47. The van der Waals surface area contributed by atoms with Crippen LogP contribution in [0.4, 0.5) is 5.95 Å². The maximum atomic E-state index is 6.14. The smallest absolute Gasteiger partial charge is 0.219 e. The average Bonchev–Trinajstić information content (AvgIpc) is 3.37. The van der Waals surface area contributed by atoms with Gasteiger partial charge in [-0.1, -0.05) is 29.8 Å². The maximum absolute atomic E-state index is 6.14. The highest BCUT2D eigenvalue weighted by Gasteiger charge is 2.24. The molecule has 5 aromatic rings. The summed E-state index contributed by atoms with van der Waals surface area (Å²) in [6, 6.07) is 14.3. The molecule has 0 unspecified atom stereocenters. The molecule has 0 atom stereocenters. The Bertz CT molecular complexity index is 1430. The fourth-order valence-electron chi connectivity index (χ4n) is 3.90. The second-order valence-electron chi connectivity index (χ2n) is 8.60. The summed E-state index contributed by atoms with van der Waals surface area (Å²) in [6.07, 6.45) is 6.87. The van der Waals surface area contributed by atoms with Crippen LogP contribution in [0.2, 0.25) is 5.02 Å². The normalized spacial score (nSPS) is 11.9. The minimum absolute atomic E-state index is 0.204. The fraction of sp³-hybridized carbons (Fsp3) is 0.167. The molecule has 5 rings (SSSR count). The predicted molar refractivity (Wildman–Crippen MR) is 128 cm³/mol. The predicted octanol–water partition coefficient (Wildman–Crippen LogP) is 5.34. The van der Waals surface area contributed by atoms with Gasteiger partial charge in [0.25, 0.3) is 0 Å². The monoisotopic (exact) mass is 443 g/mol. The largest absolute Gasteiger partial charge is 0.368 e. The van der Waals surface area contributed by atoms with Crippen LogP contribution in [0.3, 0.4) is 0 Å². The number of nitrogens with two attached hydrogens (primary N) is 1. The first-order chi connectivity index (χ1) is 15.3. The summed E-state index contributed by atoms with van der Waals surface area (Å²) < 4.78 is 4.04. The highest BCUT2D eigenvalue weighted by Crippen LogP contribution is 2.35. The zero-order chi connectivity index (χ0) is 22.5. The van der Waals surface area contributed by atoms with E-state index in [1.54, 1.807) is 29.5 Å². The molecule has 0 radical (unpaired) electrons. The first-order valence-electron chi connectivity index (χ1n) is 10.2. The molecule has 0 aliphatic carbocycles. The van der Waals surface area contributed by atoms with Crippen molar-refractivity contribution in [1.82, 2.24) is 29.3 Å². The van der Waals surface area contributed by atoms with Crippen molar-refractivity contribution in [1.29, 1.82) is 0 Å². The van der Waals surface area contributed by atoms with Crippen molar-refractivity contribution in [3.8, 4) is 28.2 Å². The number of nitrogens with zero attached hydrogens (tertiary/aromatic N) is 6. The van der Waals surface area contributed by atoms with E-state index in [4.69, 9.17) is 22.3 Å². The van der Waals surface area contributed by atoms with Crippen LogP contribution in [-0.4, -0.2) is 29.3 Å². The number of anilines is 1. The number of hydrogen-bond acceptors (Lipinski definition) is 5. The second-order valence-corrected chi connectivity index (χ2v) is 9.03. The van der Waals surface area contributed by atoms with E-state index in [1.807, 2.05) is 18.2 Å². The standard InChI is InChI=1S/C24H22ClN7/c1-24(2,3)32-21-9-8-15(16-11-27-23(26)28-12-16)10-19(21)30-22(32)18-6-4-5-7-20(18)31-14-17(25)13-29-31/h4-14H,1-3H3,(H2,26,27,28). The van der Waals surface area contributed by atoms with Crippen LogP contribution in [0.15, 0.2) is 67.3 Å². The number of halogens is 1. The molecule has 32 heavy (non-hydrogen) atoms. The van der Waals surface area contributed by atoms with Gasteiger partial charge in [0, 0.05) is 35.3 Å². The summed E-state index contributed by atoms with van der Waals surface area (Å²) in [4.78, 5) is 13.3. The number of fused-ring (bicyclic) bond motifs is 1. The Labute approximate surface area is 190 Å². The van der Waals surface area contributed by atoms with Gasteiger partial charge in [0.2, 0.25) is 5.95 Å². The van der Waals surface area contributed by atoms with Gasteiger partial charge in [-0.15, -0.1) is 0 Å². The molecule has 3 aromatic heterocycles. The SMILES string of the molecule is CC(C)(C)n1c(-c2ccccc2-n2cc(Cl)cn2)nc2cc(-c3cnc(N)nc3)ccc21. The van der Waals surface area contributed by atoms with E-state index in [2.05, 4.69) is 64.7 Å². The quantitative estimate of drug-likeness (QED) is 0.406. The first kappa shape index (κ1) is 20.2. The van der Waals surface area contributed by atoms with Crippen LogP contribution in [0, 0.1) is 0 Å². The topological polar surface area (TPSA) is 87.4 Å². The number of imidazole rings is 1. The summed E-state index contributed by atoms with van der Waals surface area (Å²) in [5, 5.41) is 4.99. The number of para-hydroxylation sites is 1. The minimum atomic E-state index is -0.204. The van der Waals surface area contributed by atoms with E-state index in [-0.39, 0.29) is 11.5 Å². The van der Waals surface area contributed by atoms with E-state index >= 15 is 0 Å². The van der Waals surface area contributed by atoms with Crippen molar-refractivity contribution in [2.24, 2.45) is 0 Å². The molecular formula is C24H22ClN7. The zero-order valence-corrected chi connectivity index (χ0v) is 18.7. The van der Waals surface area contributed by atoms with E-state index in [1.165, 1.54) is 0 Å². The zero-order valence-electron chi connectivity index (χ0n) is 18.0. The van der Waals surface area contributed by atoms with Crippen LogP contribution in [-0.2, 0) is 5.54 Å². The van der Waals surface area contributed by atoms with E-state index < -0.39 is 0 Å². The van der Waals surface area contributed by atoms with Crippen LogP contribution >= 0.6 is 11.6 Å². The van der Waals surface area contributed by atoms with Crippen LogP contribution in [0.25, 0.3) is 39.2 Å². The fourth-order valence-corrected chi connectivity index (χ4v) is 4.04. The maximum Gasteiger partial charge on any atom is 0.219 e. The highest BCUT2D eigenvalue weighted by atomic mass is 35.5. The number of nitrogen functional groups attached to an aromatic ring is 1. The van der Waals surface area contributed by atoms with Crippen molar-refractivity contribution in [3.63, 3.8) is 0 Å². The highest BCUT2D eigenvalue weighted by molar-refractivity contribution is 6.30. The van der Waals surface area contributed by atoms with Gasteiger partial charge in [-0.2, -0.15) is 5.10 Å². The molecule has 0 saturated carbocycles. The number of benzene rings is 2.